The third-order valence-corrected chi connectivity index (χ3v) is 11.2. The van der Waals surface area contributed by atoms with Gasteiger partial charge in [0.15, 0.2) is 0 Å². The zero-order chi connectivity index (χ0) is 23.3. The van der Waals surface area contributed by atoms with Gasteiger partial charge in [-0.15, -0.1) is 45.3 Å². The first-order chi connectivity index (χ1) is 14.9. The average molecular weight is 497 g/mol. The topological polar surface area (TPSA) is 0 Å². The Kier molecular flexibility index (Phi) is 6.45. The van der Waals surface area contributed by atoms with Crippen molar-refractivity contribution in [3.8, 4) is 19.5 Å². The van der Waals surface area contributed by atoms with E-state index in [-0.39, 0.29) is 10.8 Å². The normalized spacial score (nSPS) is 12.9. The van der Waals surface area contributed by atoms with E-state index in [1.54, 1.807) is 0 Å². The zero-order valence-corrected chi connectivity index (χ0v) is 23.5. The molecule has 0 aromatic carbocycles. The third-order valence-electron chi connectivity index (χ3n) is 5.38. The summed E-state index contributed by atoms with van der Waals surface area (Å²) in [6.45, 7) is 18.2. The second kappa shape index (κ2) is 8.72. The lowest BCUT2D eigenvalue weighted by Gasteiger charge is -2.17. The van der Waals surface area contributed by atoms with Crippen molar-refractivity contribution < 1.29 is 0 Å². The van der Waals surface area contributed by atoms with Gasteiger partial charge in [0.1, 0.15) is 0 Å². The summed E-state index contributed by atoms with van der Waals surface area (Å²) in [5.41, 5.74) is 3.19. The summed E-state index contributed by atoms with van der Waals surface area (Å²) in [5.74, 6) is 0. The molecule has 0 aliphatic carbocycles. The Hall–Kier alpha value is -1.46. The van der Waals surface area contributed by atoms with Gasteiger partial charge in [-0.3, -0.25) is 0 Å². The molecule has 168 valence electrons. The fourth-order valence-corrected chi connectivity index (χ4v) is 8.34. The van der Waals surface area contributed by atoms with Crippen LogP contribution in [0.3, 0.4) is 0 Å². The van der Waals surface area contributed by atoms with E-state index >= 15 is 0 Å². The summed E-state index contributed by atoms with van der Waals surface area (Å²) >= 11 is 7.65. The number of rotatable bonds is 4. The molecule has 0 spiro atoms. The van der Waals surface area contributed by atoms with Gasteiger partial charge in [0, 0.05) is 39.0 Å². The Bertz CT molecular complexity index is 1260. The van der Waals surface area contributed by atoms with Gasteiger partial charge in [0.25, 0.3) is 0 Å². The molecule has 0 amide bonds. The molecule has 4 heteroatoms. The fraction of sp³-hybridized carbons (Fsp3) is 0.357. The maximum atomic E-state index is 2.32. The molecule has 0 aliphatic rings. The maximum Gasteiger partial charge on any atom is 0.0478 e. The molecule has 0 radical (unpaired) electrons. The maximum absolute atomic E-state index is 2.32. The van der Waals surface area contributed by atoms with Crippen molar-refractivity contribution in [1.29, 1.82) is 0 Å². The highest BCUT2D eigenvalue weighted by atomic mass is 32.1. The second-order valence-corrected chi connectivity index (χ2v) is 14.8. The average Bonchev–Trinajstić information content (AvgIpc) is 3.44. The molecule has 0 nitrogen and oxygen atoms in total. The summed E-state index contributed by atoms with van der Waals surface area (Å²) in [4.78, 5) is 11.1. The van der Waals surface area contributed by atoms with E-state index in [9.17, 15) is 0 Å². The number of aryl methyl sites for hydroxylation is 2. The van der Waals surface area contributed by atoms with E-state index in [0.29, 0.717) is 0 Å². The van der Waals surface area contributed by atoms with Crippen LogP contribution < -0.4 is 0 Å². The van der Waals surface area contributed by atoms with Crippen LogP contribution in [0.25, 0.3) is 31.7 Å². The molecular formula is C28H32S4. The molecule has 0 fully saturated rings. The zero-order valence-electron chi connectivity index (χ0n) is 20.3. The summed E-state index contributed by atoms with van der Waals surface area (Å²) in [6.07, 6.45) is 4.56. The Morgan fingerprint density at radius 1 is 0.594 bits per heavy atom. The molecule has 4 aromatic rings. The van der Waals surface area contributed by atoms with E-state index in [4.69, 9.17) is 0 Å². The highest BCUT2D eigenvalue weighted by Gasteiger charge is 2.19. The van der Waals surface area contributed by atoms with Gasteiger partial charge in [-0.25, -0.2) is 0 Å². The number of thiophene rings is 4. The van der Waals surface area contributed by atoms with Crippen LogP contribution in [-0.4, -0.2) is 0 Å². The lowest BCUT2D eigenvalue weighted by molar-refractivity contribution is 0.600. The molecule has 4 rings (SSSR count). The Morgan fingerprint density at radius 3 is 1.75 bits per heavy atom. The van der Waals surface area contributed by atoms with Crippen LogP contribution in [0.4, 0.5) is 0 Å². The van der Waals surface area contributed by atoms with Crippen molar-refractivity contribution in [3.63, 3.8) is 0 Å². The van der Waals surface area contributed by atoms with Crippen molar-refractivity contribution >= 4 is 57.5 Å². The molecule has 0 bridgehead atoms. The third kappa shape index (κ3) is 5.04. The van der Waals surface area contributed by atoms with Crippen LogP contribution in [0.1, 0.15) is 72.2 Å². The van der Waals surface area contributed by atoms with Crippen LogP contribution in [0.2, 0.25) is 0 Å². The van der Waals surface area contributed by atoms with E-state index in [2.05, 4.69) is 104 Å². The minimum Gasteiger partial charge on any atom is -0.140 e. The lowest BCUT2D eigenvalue weighted by Crippen LogP contribution is -2.09. The molecule has 0 saturated heterocycles. The lowest BCUT2D eigenvalue weighted by atomic mass is 9.92. The van der Waals surface area contributed by atoms with Crippen molar-refractivity contribution in [2.45, 2.75) is 66.2 Å². The van der Waals surface area contributed by atoms with Crippen LogP contribution in [0.5, 0.6) is 0 Å². The molecule has 0 saturated carbocycles. The van der Waals surface area contributed by atoms with Gasteiger partial charge in [0.2, 0.25) is 0 Å². The molecule has 0 unspecified atom stereocenters. The molecule has 32 heavy (non-hydrogen) atoms. The van der Waals surface area contributed by atoms with Crippen molar-refractivity contribution in [1.82, 2.24) is 0 Å². The van der Waals surface area contributed by atoms with Gasteiger partial charge in [0.05, 0.1) is 0 Å². The van der Waals surface area contributed by atoms with Crippen LogP contribution >= 0.6 is 45.3 Å². The van der Waals surface area contributed by atoms with E-state index in [1.807, 2.05) is 45.3 Å². The number of hydrogen-bond donors (Lipinski definition) is 0. The van der Waals surface area contributed by atoms with Gasteiger partial charge in [-0.05, 0) is 84.4 Å². The van der Waals surface area contributed by atoms with Crippen molar-refractivity contribution in [2.75, 3.05) is 0 Å². The second-order valence-electron chi connectivity index (χ2n) is 10.5. The van der Waals surface area contributed by atoms with E-state index < -0.39 is 0 Å². The fourth-order valence-electron chi connectivity index (χ4n) is 3.80. The van der Waals surface area contributed by atoms with E-state index in [0.717, 1.165) is 0 Å². The summed E-state index contributed by atoms with van der Waals surface area (Å²) in [6, 6.07) is 13.8. The van der Waals surface area contributed by atoms with Crippen LogP contribution in [0.15, 0.2) is 36.4 Å². The smallest absolute Gasteiger partial charge is 0.0478 e. The van der Waals surface area contributed by atoms with Crippen molar-refractivity contribution in [2.24, 2.45) is 0 Å². The first-order valence-electron chi connectivity index (χ1n) is 11.0. The molecule has 0 atom stereocenters. The predicted octanol–water partition coefficient (Wildman–Crippen LogP) is 10.6. The molecule has 4 heterocycles. The highest BCUT2D eigenvalue weighted by molar-refractivity contribution is 7.26. The number of hydrogen-bond acceptors (Lipinski definition) is 4. The summed E-state index contributed by atoms with van der Waals surface area (Å²) in [7, 11) is 0. The van der Waals surface area contributed by atoms with E-state index in [1.165, 1.54) is 50.1 Å². The quantitative estimate of drug-likeness (QED) is 0.263. The molecule has 4 aromatic heterocycles. The minimum atomic E-state index is 0.209. The van der Waals surface area contributed by atoms with Crippen molar-refractivity contribution in [3.05, 3.63) is 67.0 Å². The predicted molar refractivity (Wildman–Crippen MR) is 151 cm³/mol. The first kappa shape index (κ1) is 23.7. The SMILES string of the molecule is Cc1cc(C=Cc2cc(C)c(C(C)(C)C)s2)sc1-c1ccc(-c2ccc(C(C)(C)C)s2)s1. The van der Waals surface area contributed by atoms with Crippen LogP contribution in [-0.2, 0) is 10.8 Å². The van der Waals surface area contributed by atoms with Gasteiger partial charge in [-0.1, -0.05) is 41.5 Å². The molecule has 0 aliphatic heterocycles. The largest absolute Gasteiger partial charge is 0.140 e. The first-order valence-corrected chi connectivity index (χ1v) is 14.3. The Morgan fingerprint density at radius 2 is 1.16 bits per heavy atom. The standard InChI is InChI=1S/C28H32S4/c1-17-15-19(9-10-20-16-18(2)26(30-20)28(6,7)8)29-25(17)23-12-11-21(31-23)22-13-14-24(32-22)27(3,4)5/h9-16H,1-8H3. The minimum absolute atomic E-state index is 0.209. The van der Waals surface area contributed by atoms with Gasteiger partial charge < -0.3 is 0 Å². The summed E-state index contributed by atoms with van der Waals surface area (Å²) in [5, 5.41) is 0. The molecular weight excluding hydrogens is 465 g/mol. The highest BCUT2D eigenvalue weighted by Crippen LogP contribution is 2.43. The monoisotopic (exact) mass is 496 g/mol. The van der Waals surface area contributed by atoms with Crippen LogP contribution in [0, 0.1) is 13.8 Å². The Balaban J connectivity index is 1.56. The molecule has 0 N–H and O–H groups in total. The van der Waals surface area contributed by atoms with Gasteiger partial charge in [-0.2, -0.15) is 0 Å². The van der Waals surface area contributed by atoms with Gasteiger partial charge >= 0.3 is 0 Å². The summed E-state index contributed by atoms with van der Waals surface area (Å²) < 4.78 is 0. The Labute approximate surface area is 209 Å².